The van der Waals surface area contributed by atoms with Crippen LogP contribution in [0, 0.1) is 11.3 Å². The summed E-state index contributed by atoms with van der Waals surface area (Å²) >= 11 is 0. The van der Waals surface area contributed by atoms with E-state index in [2.05, 4.69) is 13.0 Å². The number of esters is 1. The first kappa shape index (κ1) is 10.7. The molecule has 0 aromatic carbocycles. The first-order chi connectivity index (χ1) is 7.15. The van der Waals surface area contributed by atoms with Crippen LogP contribution in [0.1, 0.15) is 45.4 Å². The van der Waals surface area contributed by atoms with Crippen molar-refractivity contribution in [1.29, 1.82) is 0 Å². The minimum absolute atomic E-state index is 0.0242. The van der Waals surface area contributed by atoms with Gasteiger partial charge in [0.1, 0.15) is 0 Å². The number of carbonyl (C=O) groups is 1. The number of rotatable bonds is 1. The van der Waals surface area contributed by atoms with Crippen LogP contribution in [0.5, 0.6) is 0 Å². The molecule has 0 saturated heterocycles. The molecule has 0 bridgehead atoms. The van der Waals surface area contributed by atoms with E-state index in [1.807, 2.05) is 0 Å². The monoisotopic (exact) mass is 208 g/mol. The van der Waals surface area contributed by atoms with Gasteiger partial charge in [0.25, 0.3) is 0 Å². The van der Waals surface area contributed by atoms with E-state index in [4.69, 9.17) is 4.74 Å². The third kappa shape index (κ3) is 1.95. The van der Waals surface area contributed by atoms with Crippen molar-refractivity contribution < 1.29 is 9.53 Å². The minimum Gasteiger partial charge on any atom is -0.469 e. The van der Waals surface area contributed by atoms with Gasteiger partial charge in [-0.25, -0.2) is 0 Å². The van der Waals surface area contributed by atoms with Crippen molar-refractivity contribution in [2.75, 3.05) is 7.11 Å². The van der Waals surface area contributed by atoms with E-state index in [9.17, 15) is 4.79 Å². The highest BCUT2D eigenvalue weighted by Gasteiger charge is 2.37. The predicted octanol–water partition coefficient (Wildman–Crippen LogP) is 3.08. The number of hydrogen-bond donors (Lipinski definition) is 0. The summed E-state index contributed by atoms with van der Waals surface area (Å²) < 4.78 is 4.82. The van der Waals surface area contributed by atoms with Crippen LogP contribution in [-0.4, -0.2) is 13.1 Å². The molecule has 0 aromatic heterocycles. The predicted molar refractivity (Wildman–Crippen MR) is 59.4 cm³/mol. The number of ether oxygens (including phenoxy) is 1. The van der Waals surface area contributed by atoms with E-state index in [-0.39, 0.29) is 11.9 Å². The van der Waals surface area contributed by atoms with Gasteiger partial charge in [0.2, 0.25) is 0 Å². The van der Waals surface area contributed by atoms with E-state index >= 15 is 0 Å². The highest BCUT2D eigenvalue weighted by Crippen LogP contribution is 2.48. The van der Waals surface area contributed by atoms with E-state index in [0.717, 1.165) is 12.8 Å². The number of fused-ring (bicyclic) bond motifs is 1. The van der Waals surface area contributed by atoms with Crippen molar-refractivity contribution in [3.05, 3.63) is 11.6 Å². The molecule has 0 unspecified atom stereocenters. The lowest BCUT2D eigenvalue weighted by atomic mass is 9.64. The standard InChI is InChI=1S/C13H20O2/c1-13-7-4-3-5-11(13)9-10(6-8-13)12(14)15-2/h9-10H,3-8H2,1-2H3/t10-,13-/m0/s1. The molecule has 0 radical (unpaired) electrons. The van der Waals surface area contributed by atoms with Crippen molar-refractivity contribution >= 4 is 5.97 Å². The summed E-state index contributed by atoms with van der Waals surface area (Å²) in [5.74, 6) is -0.0358. The van der Waals surface area contributed by atoms with Crippen LogP contribution >= 0.6 is 0 Å². The molecule has 2 aliphatic carbocycles. The van der Waals surface area contributed by atoms with Crippen molar-refractivity contribution in [3.8, 4) is 0 Å². The molecule has 1 fully saturated rings. The molecule has 15 heavy (non-hydrogen) atoms. The maximum atomic E-state index is 11.5. The Hall–Kier alpha value is -0.790. The fraction of sp³-hybridized carbons (Fsp3) is 0.769. The second kappa shape index (κ2) is 3.99. The third-order valence-electron chi connectivity index (χ3n) is 4.11. The van der Waals surface area contributed by atoms with Crippen LogP contribution in [-0.2, 0) is 9.53 Å². The second-order valence-corrected chi connectivity index (χ2v) is 5.13. The van der Waals surface area contributed by atoms with Gasteiger partial charge in [-0.2, -0.15) is 0 Å². The van der Waals surface area contributed by atoms with Gasteiger partial charge in [-0.05, 0) is 37.5 Å². The Bertz CT molecular complexity index is 293. The molecule has 1 saturated carbocycles. The Morgan fingerprint density at radius 1 is 1.47 bits per heavy atom. The van der Waals surface area contributed by atoms with Crippen LogP contribution in [0.3, 0.4) is 0 Å². The van der Waals surface area contributed by atoms with Gasteiger partial charge in [0, 0.05) is 0 Å². The van der Waals surface area contributed by atoms with Crippen LogP contribution in [0.4, 0.5) is 0 Å². The van der Waals surface area contributed by atoms with E-state index in [1.54, 1.807) is 0 Å². The maximum absolute atomic E-state index is 11.5. The lowest BCUT2D eigenvalue weighted by molar-refractivity contribution is -0.144. The van der Waals surface area contributed by atoms with Crippen LogP contribution in [0.25, 0.3) is 0 Å². The molecular formula is C13H20O2. The molecule has 2 nitrogen and oxygen atoms in total. The fourth-order valence-corrected chi connectivity index (χ4v) is 3.00. The molecule has 0 spiro atoms. The lowest BCUT2D eigenvalue weighted by Gasteiger charge is -2.41. The largest absolute Gasteiger partial charge is 0.469 e. The van der Waals surface area contributed by atoms with E-state index in [1.165, 1.54) is 38.4 Å². The molecule has 0 heterocycles. The quantitative estimate of drug-likeness (QED) is 0.489. The van der Waals surface area contributed by atoms with Crippen LogP contribution in [0.15, 0.2) is 11.6 Å². The van der Waals surface area contributed by atoms with Crippen molar-refractivity contribution in [3.63, 3.8) is 0 Å². The summed E-state index contributed by atoms with van der Waals surface area (Å²) in [6.07, 6.45) is 9.42. The summed E-state index contributed by atoms with van der Waals surface area (Å²) in [6.45, 7) is 2.35. The highest BCUT2D eigenvalue weighted by molar-refractivity contribution is 5.74. The number of carbonyl (C=O) groups excluding carboxylic acids is 1. The summed E-state index contributed by atoms with van der Waals surface area (Å²) in [4.78, 5) is 11.5. The van der Waals surface area contributed by atoms with Crippen molar-refractivity contribution in [1.82, 2.24) is 0 Å². The Kier molecular flexibility index (Phi) is 2.85. The first-order valence-corrected chi connectivity index (χ1v) is 5.95. The zero-order valence-corrected chi connectivity index (χ0v) is 9.71. The van der Waals surface area contributed by atoms with Gasteiger partial charge in [-0.15, -0.1) is 0 Å². The van der Waals surface area contributed by atoms with Crippen LogP contribution in [0.2, 0.25) is 0 Å². The number of allylic oxidation sites excluding steroid dienone is 1. The number of hydrogen-bond acceptors (Lipinski definition) is 2. The summed E-state index contributed by atoms with van der Waals surface area (Å²) in [6, 6.07) is 0. The van der Waals surface area contributed by atoms with Crippen molar-refractivity contribution in [2.24, 2.45) is 11.3 Å². The molecule has 84 valence electrons. The highest BCUT2D eigenvalue weighted by atomic mass is 16.5. The van der Waals surface area contributed by atoms with Gasteiger partial charge in [-0.3, -0.25) is 4.79 Å². The molecule has 2 aliphatic rings. The molecule has 2 rings (SSSR count). The molecule has 0 amide bonds. The Morgan fingerprint density at radius 2 is 2.27 bits per heavy atom. The number of methoxy groups -OCH3 is 1. The Labute approximate surface area is 91.7 Å². The summed E-state index contributed by atoms with van der Waals surface area (Å²) in [5, 5.41) is 0. The minimum atomic E-state index is -0.0601. The molecule has 2 atom stereocenters. The molecule has 2 heteroatoms. The van der Waals surface area contributed by atoms with Gasteiger partial charge in [0.15, 0.2) is 0 Å². The molecule has 0 N–H and O–H groups in total. The topological polar surface area (TPSA) is 26.3 Å². The average molecular weight is 208 g/mol. The molecular weight excluding hydrogens is 188 g/mol. The Balaban J connectivity index is 2.18. The normalized spacial score (nSPS) is 35.3. The van der Waals surface area contributed by atoms with Crippen LogP contribution < -0.4 is 0 Å². The van der Waals surface area contributed by atoms with Gasteiger partial charge in [-0.1, -0.05) is 25.0 Å². The van der Waals surface area contributed by atoms with Gasteiger partial charge < -0.3 is 4.74 Å². The summed E-state index contributed by atoms with van der Waals surface area (Å²) in [7, 11) is 1.48. The average Bonchev–Trinajstić information content (AvgIpc) is 2.26. The smallest absolute Gasteiger partial charge is 0.312 e. The molecule has 0 aliphatic heterocycles. The van der Waals surface area contributed by atoms with E-state index in [0.29, 0.717) is 5.41 Å². The zero-order chi connectivity index (χ0) is 10.9. The Morgan fingerprint density at radius 3 is 3.00 bits per heavy atom. The summed E-state index contributed by atoms with van der Waals surface area (Å²) in [5.41, 5.74) is 1.90. The van der Waals surface area contributed by atoms with E-state index < -0.39 is 0 Å². The first-order valence-electron chi connectivity index (χ1n) is 5.95. The van der Waals surface area contributed by atoms with Gasteiger partial charge >= 0.3 is 5.97 Å². The second-order valence-electron chi connectivity index (χ2n) is 5.13. The SMILES string of the molecule is COC(=O)[C@@H]1C=C2CCCC[C@@]2(C)CC1. The molecule has 0 aromatic rings. The maximum Gasteiger partial charge on any atom is 0.312 e. The third-order valence-corrected chi connectivity index (χ3v) is 4.11. The zero-order valence-electron chi connectivity index (χ0n) is 9.71. The fourth-order valence-electron chi connectivity index (χ4n) is 3.00. The lowest BCUT2D eigenvalue weighted by Crippen LogP contribution is -2.30. The van der Waals surface area contributed by atoms with Gasteiger partial charge in [0.05, 0.1) is 13.0 Å². The van der Waals surface area contributed by atoms with Crippen molar-refractivity contribution in [2.45, 2.75) is 45.4 Å².